The van der Waals surface area contributed by atoms with Crippen LogP contribution >= 0.6 is 11.8 Å². The normalized spacial score (nSPS) is 10.5. The van der Waals surface area contributed by atoms with Crippen molar-refractivity contribution in [2.45, 2.75) is 25.7 Å². The molecule has 0 radical (unpaired) electrons. The highest BCUT2D eigenvalue weighted by atomic mass is 32.2. The molecule has 0 aromatic heterocycles. The second-order valence-electron chi connectivity index (χ2n) is 6.97. The molecule has 0 aliphatic heterocycles. The van der Waals surface area contributed by atoms with E-state index in [-0.39, 0.29) is 24.2 Å². The molecule has 2 aromatic rings. The highest BCUT2D eigenvalue weighted by Crippen LogP contribution is 2.23. The molecule has 2 amide bonds. The van der Waals surface area contributed by atoms with Crippen LogP contribution in [0.1, 0.15) is 29.8 Å². The fourth-order valence-corrected chi connectivity index (χ4v) is 3.16. The van der Waals surface area contributed by atoms with Gasteiger partial charge in [0.25, 0.3) is 5.91 Å². The lowest BCUT2D eigenvalue weighted by atomic mass is 10.2. The van der Waals surface area contributed by atoms with Gasteiger partial charge >= 0.3 is 5.97 Å². The van der Waals surface area contributed by atoms with Gasteiger partial charge in [-0.15, -0.1) is 11.8 Å². The topological polar surface area (TPSA) is 84.5 Å². The van der Waals surface area contributed by atoms with Crippen molar-refractivity contribution in [1.29, 1.82) is 0 Å². The maximum Gasteiger partial charge on any atom is 0.339 e. The average Bonchev–Trinajstić information content (AvgIpc) is 2.70. The molecular weight excluding hydrogens is 388 g/mol. The van der Waals surface area contributed by atoms with E-state index in [0.717, 1.165) is 11.3 Å². The lowest BCUT2D eigenvalue weighted by molar-refractivity contribution is -0.124. The second-order valence-corrected chi connectivity index (χ2v) is 7.99. The number of benzene rings is 2. The van der Waals surface area contributed by atoms with Crippen molar-refractivity contribution in [3.63, 3.8) is 0 Å². The van der Waals surface area contributed by atoms with Crippen LogP contribution < -0.4 is 10.6 Å². The summed E-state index contributed by atoms with van der Waals surface area (Å²) in [5.41, 5.74) is 2.17. The van der Waals surface area contributed by atoms with Gasteiger partial charge in [0.05, 0.1) is 11.3 Å². The molecule has 2 N–H and O–H groups in total. The summed E-state index contributed by atoms with van der Waals surface area (Å²) in [7, 11) is 0. The Labute approximate surface area is 175 Å². The number of thioether (sulfide) groups is 1. The van der Waals surface area contributed by atoms with Crippen LogP contribution in [-0.2, 0) is 14.3 Å². The highest BCUT2D eigenvalue weighted by Gasteiger charge is 2.15. The van der Waals surface area contributed by atoms with E-state index in [1.54, 1.807) is 24.3 Å². The molecule has 7 heteroatoms. The number of rotatable bonds is 9. The third-order valence-corrected chi connectivity index (χ3v) is 4.92. The number of amides is 2. The van der Waals surface area contributed by atoms with Gasteiger partial charge < -0.3 is 15.4 Å². The Kier molecular flexibility index (Phi) is 8.73. The molecule has 2 rings (SSSR count). The summed E-state index contributed by atoms with van der Waals surface area (Å²) >= 11 is 1.24. The number of hydrogen-bond acceptors (Lipinski definition) is 5. The summed E-state index contributed by atoms with van der Waals surface area (Å²) in [6.45, 7) is 6.13. The zero-order valence-corrected chi connectivity index (χ0v) is 17.7. The fraction of sp³-hybridized carbons (Fsp3) is 0.318. The molecule has 0 fully saturated rings. The van der Waals surface area contributed by atoms with Crippen molar-refractivity contribution in [3.05, 3.63) is 59.7 Å². The first-order valence-electron chi connectivity index (χ1n) is 9.37. The number of hydrogen-bond donors (Lipinski definition) is 2. The Balaban J connectivity index is 1.88. The van der Waals surface area contributed by atoms with Crippen LogP contribution in [-0.4, -0.2) is 36.7 Å². The number of nitrogens with one attached hydrogen (secondary N) is 2. The van der Waals surface area contributed by atoms with E-state index in [0.29, 0.717) is 22.9 Å². The van der Waals surface area contributed by atoms with E-state index in [1.165, 1.54) is 11.8 Å². The molecule has 0 saturated carbocycles. The molecule has 0 bridgehead atoms. The summed E-state index contributed by atoms with van der Waals surface area (Å²) in [5, 5.41) is 5.52. The molecule has 0 spiro atoms. The van der Waals surface area contributed by atoms with E-state index < -0.39 is 5.97 Å². The van der Waals surface area contributed by atoms with E-state index >= 15 is 0 Å². The van der Waals surface area contributed by atoms with Crippen molar-refractivity contribution in [1.82, 2.24) is 5.32 Å². The van der Waals surface area contributed by atoms with Crippen molar-refractivity contribution < 1.29 is 19.1 Å². The lowest BCUT2D eigenvalue weighted by Gasteiger charge is -2.11. The average molecular weight is 415 g/mol. The van der Waals surface area contributed by atoms with Gasteiger partial charge in [0.15, 0.2) is 6.61 Å². The zero-order chi connectivity index (χ0) is 21.2. The molecular formula is C22H26N2O4S. The SMILES string of the molecule is Cc1ccc(NC(=O)CSc2ccccc2C(=O)OCC(=O)NCC(C)C)cc1. The quantitative estimate of drug-likeness (QED) is 0.483. The van der Waals surface area contributed by atoms with E-state index in [2.05, 4.69) is 10.6 Å². The Morgan fingerprint density at radius 2 is 1.69 bits per heavy atom. The molecule has 154 valence electrons. The van der Waals surface area contributed by atoms with Gasteiger partial charge in [-0.3, -0.25) is 9.59 Å². The summed E-state index contributed by atoms with van der Waals surface area (Å²) in [5.74, 6) is -0.637. The lowest BCUT2D eigenvalue weighted by Crippen LogP contribution is -2.31. The molecule has 29 heavy (non-hydrogen) atoms. The Morgan fingerprint density at radius 3 is 2.38 bits per heavy atom. The van der Waals surface area contributed by atoms with Crippen LogP contribution in [0.3, 0.4) is 0 Å². The fourth-order valence-electron chi connectivity index (χ4n) is 2.32. The van der Waals surface area contributed by atoms with Gasteiger partial charge in [0, 0.05) is 17.1 Å². The summed E-state index contributed by atoms with van der Waals surface area (Å²) in [6, 6.07) is 14.4. The maximum absolute atomic E-state index is 12.4. The standard InChI is InChI=1S/C22H26N2O4S/c1-15(2)12-23-20(25)13-28-22(27)18-6-4-5-7-19(18)29-14-21(26)24-17-10-8-16(3)9-11-17/h4-11,15H,12-14H2,1-3H3,(H,23,25)(H,24,26). The largest absolute Gasteiger partial charge is 0.452 e. The number of carbonyl (C=O) groups is 3. The van der Waals surface area contributed by atoms with Gasteiger partial charge in [-0.05, 0) is 37.1 Å². The minimum atomic E-state index is -0.591. The predicted molar refractivity (Wildman–Crippen MR) is 115 cm³/mol. The van der Waals surface area contributed by atoms with E-state index in [4.69, 9.17) is 4.74 Å². The van der Waals surface area contributed by atoms with Gasteiger partial charge in [-0.25, -0.2) is 4.79 Å². The van der Waals surface area contributed by atoms with E-state index in [1.807, 2.05) is 45.0 Å². The molecule has 0 atom stereocenters. The summed E-state index contributed by atoms with van der Waals surface area (Å²) < 4.78 is 5.11. The molecule has 0 aliphatic carbocycles. The van der Waals surface area contributed by atoms with Crippen LogP contribution in [0.2, 0.25) is 0 Å². The number of anilines is 1. The first-order valence-corrected chi connectivity index (χ1v) is 10.4. The van der Waals surface area contributed by atoms with Gasteiger partial charge in [0.1, 0.15) is 0 Å². The van der Waals surface area contributed by atoms with E-state index in [9.17, 15) is 14.4 Å². The predicted octanol–water partition coefficient (Wildman–Crippen LogP) is 3.65. The zero-order valence-electron chi connectivity index (χ0n) is 16.9. The number of ether oxygens (including phenoxy) is 1. The third-order valence-electron chi connectivity index (χ3n) is 3.84. The van der Waals surface area contributed by atoms with Gasteiger partial charge in [0.2, 0.25) is 5.91 Å². The number of esters is 1. The molecule has 0 saturated heterocycles. The smallest absolute Gasteiger partial charge is 0.339 e. The van der Waals surface area contributed by atoms with Crippen LogP contribution in [0.15, 0.2) is 53.4 Å². The van der Waals surface area contributed by atoms with Crippen LogP contribution in [0.25, 0.3) is 0 Å². The first-order chi connectivity index (χ1) is 13.8. The van der Waals surface area contributed by atoms with Gasteiger partial charge in [-0.1, -0.05) is 43.7 Å². The first kappa shape index (κ1) is 22.5. The highest BCUT2D eigenvalue weighted by molar-refractivity contribution is 8.00. The van der Waals surface area contributed by atoms with Crippen LogP contribution in [0.5, 0.6) is 0 Å². The Morgan fingerprint density at radius 1 is 1.00 bits per heavy atom. The molecule has 0 heterocycles. The minimum absolute atomic E-state index is 0.146. The molecule has 0 unspecified atom stereocenters. The number of carbonyl (C=O) groups excluding carboxylic acids is 3. The second kappa shape index (κ2) is 11.3. The van der Waals surface area contributed by atoms with Crippen molar-refractivity contribution in [2.75, 3.05) is 24.2 Å². The molecule has 0 aliphatic rings. The van der Waals surface area contributed by atoms with Gasteiger partial charge in [-0.2, -0.15) is 0 Å². The monoisotopic (exact) mass is 414 g/mol. The molecule has 6 nitrogen and oxygen atoms in total. The van der Waals surface area contributed by atoms with Crippen molar-refractivity contribution in [3.8, 4) is 0 Å². The minimum Gasteiger partial charge on any atom is -0.452 e. The van der Waals surface area contributed by atoms with Crippen molar-refractivity contribution >= 4 is 35.2 Å². The molecule has 2 aromatic carbocycles. The Hall–Kier alpha value is -2.80. The Bertz CT molecular complexity index is 850. The summed E-state index contributed by atoms with van der Waals surface area (Å²) in [6.07, 6.45) is 0. The van der Waals surface area contributed by atoms with Crippen molar-refractivity contribution in [2.24, 2.45) is 5.92 Å². The van der Waals surface area contributed by atoms with Crippen LogP contribution in [0, 0.1) is 12.8 Å². The summed E-state index contributed by atoms with van der Waals surface area (Å²) in [4.78, 5) is 36.9. The maximum atomic E-state index is 12.4. The third kappa shape index (κ3) is 7.99. The number of aryl methyl sites for hydroxylation is 1. The van der Waals surface area contributed by atoms with Crippen LogP contribution in [0.4, 0.5) is 5.69 Å².